The summed E-state index contributed by atoms with van der Waals surface area (Å²) in [7, 11) is 0. The molecule has 1 aliphatic carbocycles. The molecule has 1 aromatic heterocycles. The highest BCUT2D eigenvalue weighted by Gasteiger charge is 2.29. The molecule has 0 aliphatic heterocycles. The molecule has 3 rings (SSSR count). The Hall–Kier alpha value is -1.30. The van der Waals surface area contributed by atoms with E-state index in [4.69, 9.17) is 0 Å². The highest BCUT2D eigenvalue weighted by molar-refractivity contribution is 9.08. The SMILES string of the molecule is Fc1ccc(-c2nnc(CBr)n2C2CC2)cc1F. The molecule has 0 amide bonds. The van der Waals surface area contributed by atoms with Crippen molar-refractivity contribution in [2.45, 2.75) is 24.2 Å². The van der Waals surface area contributed by atoms with Gasteiger partial charge in [-0.3, -0.25) is 0 Å². The third-order valence-corrected chi connectivity index (χ3v) is 3.48. The van der Waals surface area contributed by atoms with Crippen LogP contribution in [0.2, 0.25) is 0 Å². The van der Waals surface area contributed by atoms with Gasteiger partial charge in [-0.25, -0.2) is 8.78 Å². The van der Waals surface area contributed by atoms with E-state index in [-0.39, 0.29) is 0 Å². The molecule has 0 bridgehead atoms. The topological polar surface area (TPSA) is 30.7 Å². The van der Waals surface area contributed by atoms with Gasteiger partial charge in [0.1, 0.15) is 5.82 Å². The largest absolute Gasteiger partial charge is 0.307 e. The maximum absolute atomic E-state index is 13.3. The zero-order valence-corrected chi connectivity index (χ0v) is 11.0. The molecule has 0 radical (unpaired) electrons. The highest BCUT2D eigenvalue weighted by atomic mass is 79.9. The number of alkyl halides is 1. The average Bonchev–Trinajstić information content (AvgIpc) is 3.12. The Morgan fingerprint density at radius 1 is 1.22 bits per heavy atom. The van der Waals surface area contributed by atoms with Gasteiger partial charge in [0.05, 0.1) is 5.33 Å². The molecule has 1 aromatic carbocycles. The summed E-state index contributed by atoms with van der Waals surface area (Å²) >= 11 is 3.36. The normalized spacial score (nSPS) is 15.1. The predicted molar refractivity (Wildman–Crippen MR) is 66.3 cm³/mol. The van der Waals surface area contributed by atoms with Crippen LogP contribution in [0.15, 0.2) is 18.2 Å². The third kappa shape index (κ3) is 1.94. The molecule has 0 spiro atoms. The Morgan fingerprint density at radius 3 is 2.61 bits per heavy atom. The van der Waals surface area contributed by atoms with Crippen LogP contribution in [0.25, 0.3) is 11.4 Å². The first-order valence-electron chi connectivity index (χ1n) is 5.66. The van der Waals surface area contributed by atoms with Gasteiger partial charge < -0.3 is 4.57 Å². The van der Waals surface area contributed by atoms with E-state index in [9.17, 15) is 8.78 Å². The van der Waals surface area contributed by atoms with Crippen molar-refractivity contribution in [3.05, 3.63) is 35.7 Å². The first-order chi connectivity index (χ1) is 8.70. The molecule has 6 heteroatoms. The van der Waals surface area contributed by atoms with E-state index >= 15 is 0 Å². The fraction of sp³-hybridized carbons (Fsp3) is 0.333. The fourth-order valence-corrected chi connectivity index (χ4v) is 2.35. The highest BCUT2D eigenvalue weighted by Crippen LogP contribution is 2.39. The summed E-state index contributed by atoms with van der Waals surface area (Å²) in [5.74, 6) is -0.293. The van der Waals surface area contributed by atoms with Gasteiger partial charge in [-0.05, 0) is 31.0 Å². The van der Waals surface area contributed by atoms with Crippen molar-refractivity contribution in [1.82, 2.24) is 14.8 Å². The van der Waals surface area contributed by atoms with Crippen LogP contribution < -0.4 is 0 Å². The summed E-state index contributed by atoms with van der Waals surface area (Å²) in [4.78, 5) is 0. The van der Waals surface area contributed by atoms with E-state index in [0.29, 0.717) is 22.8 Å². The number of nitrogens with zero attached hydrogens (tertiary/aromatic N) is 3. The second kappa shape index (κ2) is 4.42. The Bertz CT molecular complexity index is 593. The Morgan fingerprint density at radius 2 is 2.00 bits per heavy atom. The first-order valence-corrected chi connectivity index (χ1v) is 6.78. The summed E-state index contributed by atoms with van der Waals surface area (Å²) in [6.07, 6.45) is 2.16. The minimum Gasteiger partial charge on any atom is -0.307 e. The monoisotopic (exact) mass is 313 g/mol. The minimum atomic E-state index is -0.863. The fourth-order valence-electron chi connectivity index (χ4n) is 1.96. The molecule has 1 aliphatic rings. The zero-order valence-electron chi connectivity index (χ0n) is 9.41. The lowest BCUT2D eigenvalue weighted by Crippen LogP contribution is -2.02. The molecule has 1 saturated carbocycles. The van der Waals surface area contributed by atoms with E-state index in [0.717, 1.165) is 30.8 Å². The van der Waals surface area contributed by atoms with Crippen LogP contribution in [0.5, 0.6) is 0 Å². The van der Waals surface area contributed by atoms with Crippen molar-refractivity contribution in [2.24, 2.45) is 0 Å². The van der Waals surface area contributed by atoms with Gasteiger partial charge in [0.2, 0.25) is 0 Å². The second-order valence-electron chi connectivity index (χ2n) is 4.30. The van der Waals surface area contributed by atoms with Gasteiger partial charge in [-0.1, -0.05) is 15.9 Å². The van der Waals surface area contributed by atoms with E-state index < -0.39 is 11.6 Å². The van der Waals surface area contributed by atoms with Crippen LogP contribution in [-0.2, 0) is 5.33 Å². The molecule has 0 saturated heterocycles. The number of hydrogen-bond donors (Lipinski definition) is 0. The molecule has 0 N–H and O–H groups in total. The van der Waals surface area contributed by atoms with E-state index in [1.54, 1.807) is 0 Å². The van der Waals surface area contributed by atoms with Crippen LogP contribution in [-0.4, -0.2) is 14.8 Å². The lowest BCUT2D eigenvalue weighted by atomic mass is 10.2. The minimum absolute atomic E-state index is 0.385. The van der Waals surface area contributed by atoms with Gasteiger partial charge in [0.25, 0.3) is 0 Å². The number of aromatic nitrogens is 3. The first kappa shape index (κ1) is 11.8. The Labute approximate surface area is 111 Å². The maximum Gasteiger partial charge on any atom is 0.164 e. The third-order valence-electron chi connectivity index (χ3n) is 2.98. The number of benzene rings is 1. The van der Waals surface area contributed by atoms with Gasteiger partial charge in [-0.2, -0.15) is 0 Å². The van der Waals surface area contributed by atoms with Crippen molar-refractivity contribution in [3.8, 4) is 11.4 Å². The van der Waals surface area contributed by atoms with Crippen LogP contribution in [0.4, 0.5) is 8.78 Å². The van der Waals surface area contributed by atoms with Crippen molar-refractivity contribution >= 4 is 15.9 Å². The Balaban J connectivity index is 2.10. The summed E-state index contributed by atoms with van der Waals surface area (Å²) in [6.45, 7) is 0. The molecular formula is C12H10BrF2N3. The summed E-state index contributed by atoms with van der Waals surface area (Å²) in [6, 6.07) is 4.19. The molecule has 94 valence electrons. The number of rotatable bonds is 3. The van der Waals surface area contributed by atoms with Crippen LogP contribution >= 0.6 is 15.9 Å². The summed E-state index contributed by atoms with van der Waals surface area (Å²) in [5, 5.41) is 8.75. The average molecular weight is 314 g/mol. The van der Waals surface area contributed by atoms with Gasteiger partial charge >= 0.3 is 0 Å². The smallest absolute Gasteiger partial charge is 0.164 e. The van der Waals surface area contributed by atoms with Crippen molar-refractivity contribution < 1.29 is 8.78 Å². The zero-order chi connectivity index (χ0) is 12.7. The lowest BCUT2D eigenvalue weighted by Gasteiger charge is -2.07. The molecule has 0 atom stereocenters. The van der Waals surface area contributed by atoms with Gasteiger partial charge in [0.15, 0.2) is 17.5 Å². The van der Waals surface area contributed by atoms with Crippen molar-refractivity contribution in [1.29, 1.82) is 0 Å². The molecule has 18 heavy (non-hydrogen) atoms. The standard InChI is InChI=1S/C12H10BrF2N3/c13-6-11-16-17-12(18(11)8-2-3-8)7-1-4-9(14)10(15)5-7/h1,4-5,8H,2-3,6H2. The van der Waals surface area contributed by atoms with E-state index in [1.165, 1.54) is 6.07 Å². The number of hydrogen-bond acceptors (Lipinski definition) is 2. The molecule has 0 unspecified atom stereocenters. The lowest BCUT2D eigenvalue weighted by molar-refractivity contribution is 0.509. The van der Waals surface area contributed by atoms with Crippen LogP contribution in [0.3, 0.4) is 0 Å². The predicted octanol–water partition coefficient (Wildman–Crippen LogP) is 3.45. The molecule has 2 aromatic rings. The molecule has 1 heterocycles. The maximum atomic E-state index is 13.3. The van der Waals surface area contributed by atoms with Gasteiger partial charge in [-0.15, -0.1) is 10.2 Å². The molecule has 3 nitrogen and oxygen atoms in total. The Kier molecular flexibility index (Phi) is 2.89. The van der Waals surface area contributed by atoms with Crippen molar-refractivity contribution in [3.63, 3.8) is 0 Å². The van der Waals surface area contributed by atoms with Crippen molar-refractivity contribution in [2.75, 3.05) is 0 Å². The van der Waals surface area contributed by atoms with Crippen LogP contribution in [0, 0.1) is 11.6 Å². The molecular weight excluding hydrogens is 304 g/mol. The summed E-state index contributed by atoms with van der Waals surface area (Å²) in [5.41, 5.74) is 0.556. The van der Waals surface area contributed by atoms with Gasteiger partial charge in [0, 0.05) is 11.6 Å². The number of halogens is 3. The quantitative estimate of drug-likeness (QED) is 0.813. The van der Waals surface area contributed by atoms with E-state index in [2.05, 4.69) is 26.1 Å². The van der Waals surface area contributed by atoms with E-state index in [1.807, 2.05) is 4.57 Å². The summed E-state index contributed by atoms with van der Waals surface area (Å²) < 4.78 is 28.2. The molecule has 1 fully saturated rings. The van der Waals surface area contributed by atoms with Crippen LogP contribution in [0.1, 0.15) is 24.7 Å². The second-order valence-corrected chi connectivity index (χ2v) is 4.86.